The van der Waals surface area contributed by atoms with Crippen LogP contribution < -0.4 is 22.7 Å². The van der Waals surface area contributed by atoms with E-state index < -0.39 is 29.7 Å². The van der Waals surface area contributed by atoms with E-state index in [4.69, 9.17) is 10.5 Å². The fourth-order valence-electron chi connectivity index (χ4n) is 5.48. The molecule has 3 N–H and O–H groups in total. The molecule has 1 aliphatic carbocycles. The van der Waals surface area contributed by atoms with Crippen molar-refractivity contribution in [3.8, 4) is 0 Å². The summed E-state index contributed by atoms with van der Waals surface area (Å²) in [6.45, 7) is 0.593. The number of ether oxygens (including phenoxy) is 1. The van der Waals surface area contributed by atoms with Gasteiger partial charge in [-0.05, 0) is 18.4 Å². The van der Waals surface area contributed by atoms with Crippen LogP contribution in [0.2, 0.25) is 0 Å². The van der Waals surface area contributed by atoms with Gasteiger partial charge < -0.3 is 32.6 Å². The molecule has 1 amide bonds. The molecule has 178 valence electrons. The normalized spacial score (nSPS) is 25.6. The number of esters is 1. The van der Waals surface area contributed by atoms with E-state index in [2.05, 4.69) is 9.97 Å². The molecule has 9 heteroatoms. The molecular weight excluding hydrogens is 488 g/mol. The predicted molar refractivity (Wildman–Crippen MR) is 116 cm³/mol. The minimum absolute atomic E-state index is 0. The number of likely N-dealkylation sites (tertiary alicyclic amines) is 1. The number of hydrogen-bond acceptors (Lipinski definition) is 6. The molecule has 0 bridgehead atoms. The van der Waals surface area contributed by atoms with E-state index in [0.29, 0.717) is 24.2 Å². The Labute approximate surface area is 204 Å². The minimum atomic E-state index is -1.72. The lowest BCUT2D eigenvalue weighted by Crippen LogP contribution is -3.00. The van der Waals surface area contributed by atoms with Crippen molar-refractivity contribution < 1.29 is 40.9 Å². The zero-order chi connectivity index (χ0) is 22.8. The molecule has 2 aromatic rings. The molecule has 2 fully saturated rings. The molecule has 0 radical (unpaired) electrons. The summed E-state index contributed by atoms with van der Waals surface area (Å²) in [4.78, 5) is 34.5. The number of likely N-dealkylation sites (N-methyl/N-ethyl adjacent to an activating group) is 1. The van der Waals surface area contributed by atoms with Gasteiger partial charge in [0.05, 0.1) is 19.8 Å². The molecule has 8 nitrogen and oxygen atoms in total. The van der Waals surface area contributed by atoms with E-state index in [9.17, 15) is 14.7 Å². The second-order valence-corrected chi connectivity index (χ2v) is 9.12. The number of carbonyl (C=O) groups is 2. The standard InChI is InChI=1S/C24H30N4O4.BrH/c1-28(21(22(25)29)19-16-26-13-14-27-19)15-7-12-20(28)32-23(30)24(31,18-10-5-6-11-18)17-8-3-2-4-9-17;/h2-4,8-9,13-14,16,18,20-21,31H,5-7,10-12,15H2,1H3,(H-,25,29);1H. The number of amides is 1. The number of halogens is 1. The lowest BCUT2D eigenvalue weighted by molar-refractivity contribution is -0.959. The van der Waals surface area contributed by atoms with Gasteiger partial charge in [0.1, 0.15) is 5.69 Å². The summed E-state index contributed by atoms with van der Waals surface area (Å²) in [5, 5.41) is 11.8. The van der Waals surface area contributed by atoms with Crippen molar-refractivity contribution in [2.75, 3.05) is 13.6 Å². The molecule has 2 aliphatic rings. The van der Waals surface area contributed by atoms with Crippen LogP contribution in [0.15, 0.2) is 48.9 Å². The topological polar surface area (TPSA) is 115 Å². The van der Waals surface area contributed by atoms with Crippen LogP contribution in [0, 0.1) is 5.92 Å². The van der Waals surface area contributed by atoms with Crippen molar-refractivity contribution in [2.45, 2.75) is 56.4 Å². The minimum Gasteiger partial charge on any atom is -1.00 e. The second kappa shape index (κ2) is 10.3. The molecule has 1 aromatic carbocycles. The highest BCUT2D eigenvalue weighted by Crippen LogP contribution is 2.43. The molecule has 4 atom stereocenters. The van der Waals surface area contributed by atoms with Gasteiger partial charge in [-0.1, -0.05) is 43.2 Å². The molecule has 4 rings (SSSR count). The maximum Gasteiger partial charge on any atom is 0.347 e. The summed E-state index contributed by atoms with van der Waals surface area (Å²) in [6, 6.07) is 8.22. The van der Waals surface area contributed by atoms with Crippen molar-refractivity contribution >= 4 is 11.9 Å². The van der Waals surface area contributed by atoms with E-state index >= 15 is 0 Å². The van der Waals surface area contributed by atoms with Gasteiger partial charge in [-0.15, -0.1) is 0 Å². The lowest BCUT2D eigenvalue weighted by atomic mass is 9.80. The van der Waals surface area contributed by atoms with Crippen LogP contribution in [0.4, 0.5) is 0 Å². The van der Waals surface area contributed by atoms with Crippen molar-refractivity contribution in [3.05, 3.63) is 60.2 Å². The molecule has 33 heavy (non-hydrogen) atoms. The molecule has 4 unspecified atom stereocenters. The molecule has 1 saturated carbocycles. The Balaban J connectivity index is 0.00000306. The second-order valence-electron chi connectivity index (χ2n) is 9.12. The first-order valence-corrected chi connectivity index (χ1v) is 11.3. The van der Waals surface area contributed by atoms with E-state index in [0.717, 1.165) is 32.1 Å². The molecule has 1 aliphatic heterocycles. The van der Waals surface area contributed by atoms with Crippen LogP contribution in [-0.4, -0.2) is 51.3 Å². The van der Waals surface area contributed by atoms with Crippen molar-refractivity contribution in [1.29, 1.82) is 0 Å². The largest absolute Gasteiger partial charge is 1.00 e. The van der Waals surface area contributed by atoms with Crippen LogP contribution in [0.1, 0.15) is 55.8 Å². The van der Waals surface area contributed by atoms with Crippen LogP contribution >= 0.6 is 0 Å². The van der Waals surface area contributed by atoms with Crippen LogP contribution in [0.25, 0.3) is 0 Å². The third-order valence-corrected chi connectivity index (χ3v) is 7.19. The number of primary amides is 1. The number of nitrogens with two attached hydrogens (primary N) is 1. The highest BCUT2D eigenvalue weighted by molar-refractivity contribution is 5.82. The first kappa shape index (κ1) is 25.3. The highest BCUT2D eigenvalue weighted by Gasteiger charge is 2.54. The van der Waals surface area contributed by atoms with Gasteiger partial charge in [0.25, 0.3) is 5.91 Å². The lowest BCUT2D eigenvalue weighted by Gasteiger charge is -2.41. The number of hydrogen-bond donors (Lipinski definition) is 2. The summed E-state index contributed by atoms with van der Waals surface area (Å²) in [5.41, 5.74) is 5.06. The van der Waals surface area contributed by atoms with Crippen molar-refractivity contribution in [2.24, 2.45) is 11.7 Å². The van der Waals surface area contributed by atoms with Crippen molar-refractivity contribution in [3.63, 3.8) is 0 Å². The zero-order valence-corrected chi connectivity index (χ0v) is 20.4. The van der Waals surface area contributed by atoms with Crippen molar-refractivity contribution in [1.82, 2.24) is 9.97 Å². The van der Waals surface area contributed by atoms with Gasteiger partial charge in [0.2, 0.25) is 12.3 Å². The Bertz CT molecular complexity index is 957. The molecule has 0 spiro atoms. The highest BCUT2D eigenvalue weighted by atomic mass is 79.9. The van der Waals surface area contributed by atoms with Gasteiger partial charge in [-0.2, -0.15) is 0 Å². The van der Waals surface area contributed by atoms with E-state index in [1.807, 2.05) is 25.2 Å². The smallest absolute Gasteiger partial charge is 0.347 e. The summed E-state index contributed by atoms with van der Waals surface area (Å²) in [6.07, 6.45) is 8.75. The van der Waals surface area contributed by atoms with E-state index in [-0.39, 0.29) is 27.4 Å². The molecule has 1 aromatic heterocycles. The van der Waals surface area contributed by atoms with E-state index in [1.54, 1.807) is 12.1 Å². The summed E-state index contributed by atoms with van der Waals surface area (Å²) < 4.78 is 6.13. The SMILES string of the molecule is C[N+]1(C(C(N)=O)c2cnccn2)CCCC1OC(=O)C(O)(c1ccccc1)C1CCCC1.[Br-]. The predicted octanol–water partition coefficient (Wildman–Crippen LogP) is -0.805. The fourth-order valence-corrected chi connectivity index (χ4v) is 5.48. The Morgan fingerprint density at radius 2 is 1.85 bits per heavy atom. The number of nitrogens with zero attached hydrogens (tertiary/aromatic N) is 3. The summed E-state index contributed by atoms with van der Waals surface area (Å²) in [7, 11) is 1.85. The maximum atomic E-state index is 13.6. The third-order valence-electron chi connectivity index (χ3n) is 7.19. The van der Waals surface area contributed by atoms with Crippen LogP contribution in [-0.2, 0) is 19.9 Å². The summed E-state index contributed by atoms with van der Waals surface area (Å²) in [5.74, 6) is -1.41. The third kappa shape index (κ3) is 4.67. The Hall–Kier alpha value is -2.36. The number of aliphatic hydroxyl groups is 1. The Morgan fingerprint density at radius 1 is 1.15 bits per heavy atom. The summed E-state index contributed by atoms with van der Waals surface area (Å²) >= 11 is 0. The van der Waals surface area contributed by atoms with Crippen LogP contribution in [0.3, 0.4) is 0 Å². The van der Waals surface area contributed by atoms with Gasteiger partial charge in [0.15, 0.2) is 5.60 Å². The molecule has 1 saturated heterocycles. The number of aromatic nitrogens is 2. The quantitative estimate of drug-likeness (QED) is 0.366. The average molecular weight is 519 g/mol. The average Bonchev–Trinajstić information content (AvgIpc) is 3.45. The first-order valence-electron chi connectivity index (χ1n) is 11.3. The first-order chi connectivity index (χ1) is 15.4. The Morgan fingerprint density at radius 3 is 2.45 bits per heavy atom. The zero-order valence-electron chi connectivity index (χ0n) is 18.8. The number of quaternary nitrogens is 1. The van der Waals surface area contributed by atoms with Gasteiger partial charge in [-0.25, -0.2) is 4.79 Å². The number of benzene rings is 1. The number of rotatable bonds is 7. The monoisotopic (exact) mass is 518 g/mol. The number of carbonyl (C=O) groups excluding carboxylic acids is 2. The van der Waals surface area contributed by atoms with Gasteiger partial charge in [0, 0.05) is 31.2 Å². The maximum absolute atomic E-state index is 13.6. The fraction of sp³-hybridized carbons (Fsp3) is 0.500. The molecule has 2 heterocycles. The van der Waals surface area contributed by atoms with Gasteiger partial charge in [-0.3, -0.25) is 19.2 Å². The van der Waals surface area contributed by atoms with Gasteiger partial charge >= 0.3 is 5.97 Å². The van der Waals surface area contributed by atoms with E-state index in [1.165, 1.54) is 18.6 Å². The Kier molecular flexibility index (Phi) is 7.87. The molecular formula is C24H31BrN4O4. The van der Waals surface area contributed by atoms with Crippen LogP contribution in [0.5, 0.6) is 0 Å².